The zero-order valence-electron chi connectivity index (χ0n) is 16.0. The number of piperazine rings is 1. The molecule has 3 rings (SSSR count). The molecule has 1 amide bonds. The van der Waals surface area contributed by atoms with Crippen molar-refractivity contribution in [3.8, 4) is 0 Å². The van der Waals surface area contributed by atoms with E-state index in [1.165, 1.54) is 35.7 Å². The van der Waals surface area contributed by atoms with Gasteiger partial charge >= 0.3 is 0 Å². The molecular weight excluding hydrogens is 421 g/mol. The monoisotopic (exact) mass is 447 g/mol. The van der Waals surface area contributed by atoms with Crippen LogP contribution < -0.4 is 5.32 Å². The number of amides is 1. The fourth-order valence-electron chi connectivity index (χ4n) is 3.92. The van der Waals surface area contributed by atoms with Crippen molar-refractivity contribution in [2.24, 2.45) is 0 Å². The third-order valence-corrected chi connectivity index (χ3v) is 8.52. The van der Waals surface area contributed by atoms with Crippen LogP contribution in [0.25, 0.3) is 0 Å². The van der Waals surface area contributed by atoms with Crippen molar-refractivity contribution in [1.29, 1.82) is 0 Å². The minimum absolute atomic E-state index is 0.0253. The van der Waals surface area contributed by atoms with Crippen molar-refractivity contribution in [3.05, 3.63) is 28.2 Å². The molecule has 0 aromatic heterocycles. The molecule has 1 heterocycles. The van der Waals surface area contributed by atoms with Crippen molar-refractivity contribution in [2.45, 2.75) is 56.0 Å². The molecule has 2 aliphatic rings. The quantitative estimate of drug-likeness (QED) is 0.752. The lowest BCUT2D eigenvalue weighted by atomic mass is 9.95. The molecule has 1 aliphatic heterocycles. The summed E-state index contributed by atoms with van der Waals surface area (Å²) in [4.78, 5) is 14.6. The maximum Gasteiger partial charge on any atom is 0.246 e. The highest BCUT2D eigenvalue weighted by molar-refractivity contribution is 7.89. The van der Waals surface area contributed by atoms with Gasteiger partial charge in [0.25, 0.3) is 0 Å². The number of sulfonamides is 1. The molecule has 156 valence electrons. The average molecular weight is 448 g/mol. The molecule has 0 bridgehead atoms. The van der Waals surface area contributed by atoms with E-state index in [1.807, 2.05) is 11.8 Å². The molecule has 9 heteroatoms. The van der Waals surface area contributed by atoms with Crippen molar-refractivity contribution in [1.82, 2.24) is 14.5 Å². The van der Waals surface area contributed by atoms with Gasteiger partial charge in [-0.05, 0) is 31.9 Å². The minimum atomic E-state index is -3.77. The van der Waals surface area contributed by atoms with Crippen LogP contribution >= 0.6 is 23.2 Å². The van der Waals surface area contributed by atoms with E-state index in [0.717, 1.165) is 12.8 Å². The van der Waals surface area contributed by atoms with Crippen LogP contribution in [0.2, 0.25) is 10.0 Å². The second kappa shape index (κ2) is 9.30. The van der Waals surface area contributed by atoms with Crippen LogP contribution in [0.4, 0.5) is 0 Å². The first-order valence-electron chi connectivity index (χ1n) is 9.79. The molecule has 1 aromatic rings. The summed E-state index contributed by atoms with van der Waals surface area (Å²) in [5, 5.41) is 3.39. The van der Waals surface area contributed by atoms with Crippen molar-refractivity contribution < 1.29 is 13.2 Å². The zero-order chi connectivity index (χ0) is 20.3. The predicted molar refractivity (Wildman–Crippen MR) is 111 cm³/mol. The lowest BCUT2D eigenvalue weighted by Crippen LogP contribution is -2.56. The fraction of sp³-hybridized carbons (Fsp3) is 0.632. The van der Waals surface area contributed by atoms with E-state index in [2.05, 4.69) is 5.32 Å². The van der Waals surface area contributed by atoms with Crippen molar-refractivity contribution >= 4 is 39.1 Å². The van der Waals surface area contributed by atoms with Crippen LogP contribution in [0.5, 0.6) is 0 Å². The Morgan fingerprint density at radius 2 is 1.64 bits per heavy atom. The Kier molecular flexibility index (Phi) is 7.26. The standard InChI is InChI=1S/C19H27Cl2N3O3S/c1-14(19(25)22-15-6-3-2-4-7-15)23-10-12-24(13-11-23)28(26,27)18-16(20)8-5-9-17(18)21/h5,8-9,14-15H,2-4,6-7,10-13H2,1H3,(H,22,25)/t14-/m0/s1. The van der Waals surface area contributed by atoms with E-state index in [1.54, 1.807) is 6.07 Å². The molecular formula is C19H27Cl2N3O3S. The highest BCUT2D eigenvalue weighted by atomic mass is 35.5. The first-order valence-corrected chi connectivity index (χ1v) is 12.0. The summed E-state index contributed by atoms with van der Waals surface area (Å²) in [6, 6.07) is 4.65. The number of carbonyl (C=O) groups is 1. The summed E-state index contributed by atoms with van der Waals surface area (Å²) in [7, 11) is -3.77. The number of halogens is 2. The van der Waals surface area contributed by atoms with Crippen LogP contribution in [0.1, 0.15) is 39.0 Å². The van der Waals surface area contributed by atoms with Crippen molar-refractivity contribution in [2.75, 3.05) is 26.2 Å². The highest BCUT2D eigenvalue weighted by Gasteiger charge is 2.34. The van der Waals surface area contributed by atoms with Gasteiger partial charge in [-0.25, -0.2) is 8.42 Å². The normalized spacial score (nSPS) is 21.4. The third-order valence-electron chi connectivity index (χ3n) is 5.67. The molecule has 0 unspecified atom stereocenters. The molecule has 1 saturated carbocycles. The zero-order valence-corrected chi connectivity index (χ0v) is 18.4. The lowest BCUT2D eigenvalue weighted by molar-refractivity contribution is -0.127. The Labute approximate surface area is 177 Å². The fourth-order valence-corrected chi connectivity index (χ4v) is 6.44. The first-order chi connectivity index (χ1) is 13.3. The SMILES string of the molecule is C[C@@H](C(=O)NC1CCCCC1)N1CCN(S(=O)(=O)c2c(Cl)cccc2Cl)CC1. The third kappa shape index (κ3) is 4.82. The summed E-state index contributed by atoms with van der Waals surface area (Å²) < 4.78 is 27.3. The lowest BCUT2D eigenvalue weighted by Gasteiger charge is -2.37. The van der Waals surface area contributed by atoms with E-state index < -0.39 is 10.0 Å². The number of benzene rings is 1. The number of rotatable bonds is 5. The number of nitrogens with one attached hydrogen (secondary N) is 1. The largest absolute Gasteiger partial charge is 0.352 e. The molecule has 6 nitrogen and oxygen atoms in total. The molecule has 1 aliphatic carbocycles. The Balaban J connectivity index is 1.59. The second-order valence-electron chi connectivity index (χ2n) is 7.51. The highest BCUT2D eigenvalue weighted by Crippen LogP contribution is 2.32. The minimum Gasteiger partial charge on any atom is -0.352 e. The molecule has 1 N–H and O–H groups in total. The van der Waals surface area contributed by atoms with Gasteiger partial charge in [0.15, 0.2) is 0 Å². The van der Waals surface area contributed by atoms with Crippen LogP contribution in [-0.2, 0) is 14.8 Å². The summed E-state index contributed by atoms with van der Waals surface area (Å²) in [5.41, 5.74) is 0. The first kappa shape index (κ1) is 21.8. The average Bonchev–Trinajstić information content (AvgIpc) is 2.68. The van der Waals surface area contributed by atoms with Gasteiger partial charge in [-0.2, -0.15) is 4.31 Å². The van der Waals surface area contributed by atoms with Crippen LogP contribution in [0, 0.1) is 0 Å². The smallest absolute Gasteiger partial charge is 0.246 e. The van der Waals surface area contributed by atoms with E-state index in [-0.39, 0.29) is 32.9 Å². The van der Waals surface area contributed by atoms with E-state index in [4.69, 9.17) is 23.2 Å². The number of hydrogen-bond donors (Lipinski definition) is 1. The van der Waals surface area contributed by atoms with Gasteiger partial charge in [0.1, 0.15) is 4.90 Å². The second-order valence-corrected chi connectivity index (χ2v) is 10.2. The molecule has 2 fully saturated rings. The van der Waals surface area contributed by atoms with Gasteiger partial charge in [0.05, 0.1) is 16.1 Å². The van der Waals surface area contributed by atoms with Gasteiger partial charge < -0.3 is 5.32 Å². The van der Waals surface area contributed by atoms with Gasteiger partial charge in [0.2, 0.25) is 15.9 Å². The number of hydrogen-bond acceptors (Lipinski definition) is 4. The molecule has 1 aromatic carbocycles. The van der Waals surface area contributed by atoms with Crippen LogP contribution in [0.3, 0.4) is 0 Å². The summed E-state index contributed by atoms with van der Waals surface area (Å²) >= 11 is 12.2. The van der Waals surface area contributed by atoms with Gasteiger partial charge in [-0.3, -0.25) is 9.69 Å². The Morgan fingerprint density at radius 1 is 1.07 bits per heavy atom. The molecule has 1 atom stereocenters. The van der Waals surface area contributed by atoms with Gasteiger partial charge in [0, 0.05) is 32.2 Å². The van der Waals surface area contributed by atoms with Crippen LogP contribution in [0.15, 0.2) is 23.1 Å². The van der Waals surface area contributed by atoms with E-state index >= 15 is 0 Å². The van der Waals surface area contributed by atoms with E-state index in [0.29, 0.717) is 26.2 Å². The summed E-state index contributed by atoms with van der Waals surface area (Å²) in [6.07, 6.45) is 5.67. The van der Waals surface area contributed by atoms with Crippen LogP contribution in [-0.4, -0.2) is 61.8 Å². The Hall–Kier alpha value is -0.860. The van der Waals surface area contributed by atoms with E-state index in [9.17, 15) is 13.2 Å². The maximum atomic E-state index is 13.0. The molecule has 0 radical (unpaired) electrons. The van der Waals surface area contributed by atoms with Gasteiger partial charge in [-0.1, -0.05) is 48.5 Å². The van der Waals surface area contributed by atoms with Crippen molar-refractivity contribution in [3.63, 3.8) is 0 Å². The van der Waals surface area contributed by atoms with Gasteiger partial charge in [-0.15, -0.1) is 0 Å². The topological polar surface area (TPSA) is 69.7 Å². The number of carbonyl (C=O) groups excluding carboxylic acids is 1. The molecule has 28 heavy (non-hydrogen) atoms. The maximum absolute atomic E-state index is 13.0. The summed E-state index contributed by atoms with van der Waals surface area (Å²) in [5.74, 6) is 0.0253. The predicted octanol–water partition coefficient (Wildman–Crippen LogP) is 3.14. The Bertz CT molecular complexity index is 784. The molecule has 0 spiro atoms. The number of nitrogens with zero attached hydrogens (tertiary/aromatic N) is 2. The molecule has 1 saturated heterocycles. The summed E-state index contributed by atoms with van der Waals surface area (Å²) in [6.45, 7) is 3.45. The Morgan fingerprint density at radius 3 is 2.21 bits per heavy atom.